The van der Waals surface area contributed by atoms with Crippen LogP contribution in [0.2, 0.25) is 5.02 Å². The van der Waals surface area contributed by atoms with Gasteiger partial charge in [-0.25, -0.2) is 0 Å². The van der Waals surface area contributed by atoms with Crippen LogP contribution >= 0.6 is 11.6 Å². The minimum atomic E-state index is -4.65. The molecule has 2 aromatic rings. The fourth-order valence-electron chi connectivity index (χ4n) is 4.57. The summed E-state index contributed by atoms with van der Waals surface area (Å²) in [5.74, 6) is -1.49. The van der Waals surface area contributed by atoms with Gasteiger partial charge in [-0.05, 0) is 58.6 Å². The number of likely N-dealkylation sites (tertiary alicyclic amines) is 1. The lowest BCUT2D eigenvalue weighted by Crippen LogP contribution is -2.49. The molecule has 37 heavy (non-hydrogen) atoms. The predicted octanol–water partition coefficient (Wildman–Crippen LogP) is 4.30. The summed E-state index contributed by atoms with van der Waals surface area (Å²) in [5.41, 5.74) is -1.90. The summed E-state index contributed by atoms with van der Waals surface area (Å²) < 4.78 is 38.9. The van der Waals surface area contributed by atoms with Crippen LogP contribution in [0.25, 0.3) is 0 Å². The normalized spacial score (nSPS) is 21.3. The Morgan fingerprint density at radius 2 is 1.73 bits per heavy atom. The fraction of sp³-hybridized carbons (Fsp3) is 0.480. The highest BCUT2D eigenvalue weighted by Crippen LogP contribution is 2.37. The highest BCUT2D eigenvalue weighted by atomic mass is 35.5. The van der Waals surface area contributed by atoms with Crippen molar-refractivity contribution in [2.45, 2.75) is 76.3 Å². The van der Waals surface area contributed by atoms with Gasteiger partial charge in [0.1, 0.15) is 5.54 Å². The van der Waals surface area contributed by atoms with E-state index in [9.17, 15) is 27.6 Å². The monoisotopic (exact) mass is 537 g/mol. The van der Waals surface area contributed by atoms with Gasteiger partial charge in [-0.3, -0.25) is 24.4 Å². The van der Waals surface area contributed by atoms with E-state index in [1.807, 2.05) is 18.7 Å². The maximum atomic E-state index is 13.0. The Kier molecular flexibility index (Phi) is 7.20. The van der Waals surface area contributed by atoms with E-state index in [0.717, 1.165) is 19.0 Å². The van der Waals surface area contributed by atoms with Crippen molar-refractivity contribution >= 4 is 29.3 Å². The smallest absolute Gasteiger partial charge is 0.346 e. The van der Waals surface area contributed by atoms with E-state index in [1.165, 1.54) is 12.3 Å². The lowest BCUT2D eigenvalue weighted by atomic mass is 10.1. The highest BCUT2D eigenvalue weighted by Gasteiger charge is 2.51. The SMILES string of the molecule is C[C@@H]1CC[C@H](C)N1C(=O)c1cnc([C@@H](C)NC(=O)C2(NC(=O)c3cncc(C(F)(F)F)c3)CC2)c(Cl)c1. The minimum absolute atomic E-state index is 0.121. The van der Waals surface area contributed by atoms with Crippen LogP contribution in [0.5, 0.6) is 0 Å². The summed E-state index contributed by atoms with van der Waals surface area (Å²) >= 11 is 6.42. The number of carbonyl (C=O) groups is 3. The van der Waals surface area contributed by atoms with E-state index in [4.69, 9.17) is 11.6 Å². The number of hydrogen-bond donors (Lipinski definition) is 2. The van der Waals surface area contributed by atoms with E-state index >= 15 is 0 Å². The lowest BCUT2D eigenvalue weighted by Gasteiger charge is -2.26. The molecule has 2 fully saturated rings. The summed E-state index contributed by atoms with van der Waals surface area (Å²) in [6.07, 6.45) is 0.923. The number of carbonyl (C=O) groups excluding carboxylic acids is 3. The maximum absolute atomic E-state index is 13.0. The van der Waals surface area contributed by atoms with E-state index in [0.29, 0.717) is 36.4 Å². The molecule has 3 amide bonds. The van der Waals surface area contributed by atoms with Gasteiger partial charge in [0.25, 0.3) is 11.8 Å². The summed E-state index contributed by atoms with van der Waals surface area (Å²) in [6, 6.07) is 1.81. The standard InChI is InChI=1S/C25H27ClF3N5O3/c1-13-4-5-14(2)34(13)22(36)17-9-19(26)20(31-11-17)15(3)32-23(37)24(6-7-24)33-21(35)16-8-18(12-30-10-16)25(27,28)29/h8-15H,4-7H2,1-3H3,(H,32,37)(H,33,35)/t13-,14+,15-/m1/s1. The van der Waals surface area contributed by atoms with Crippen LogP contribution in [0.1, 0.15) is 84.5 Å². The van der Waals surface area contributed by atoms with Crippen molar-refractivity contribution in [3.63, 3.8) is 0 Å². The van der Waals surface area contributed by atoms with Gasteiger partial charge < -0.3 is 15.5 Å². The summed E-state index contributed by atoms with van der Waals surface area (Å²) in [4.78, 5) is 48.2. The Morgan fingerprint density at radius 1 is 1.08 bits per heavy atom. The summed E-state index contributed by atoms with van der Waals surface area (Å²) in [6.45, 7) is 5.66. The number of aromatic nitrogens is 2. The molecule has 3 atom stereocenters. The van der Waals surface area contributed by atoms with E-state index in [1.54, 1.807) is 6.92 Å². The number of amides is 3. The Hall–Kier alpha value is -3.21. The molecule has 12 heteroatoms. The van der Waals surface area contributed by atoms with Crippen molar-refractivity contribution in [1.29, 1.82) is 0 Å². The molecular formula is C25H27ClF3N5O3. The van der Waals surface area contributed by atoms with Crippen molar-refractivity contribution < 1.29 is 27.6 Å². The molecule has 198 valence electrons. The number of alkyl halides is 3. The Bertz CT molecular complexity index is 1220. The van der Waals surface area contributed by atoms with E-state index in [-0.39, 0.29) is 28.6 Å². The summed E-state index contributed by atoms with van der Waals surface area (Å²) in [5, 5.41) is 5.50. The van der Waals surface area contributed by atoms with Crippen molar-refractivity contribution in [3.05, 3.63) is 58.1 Å². The van der Waals surface area contributed by atoms with Gasteiger partial charge in [-0.1, -0.05) is 11.6 Å². The molecule has 1 aliphatic heterocycles. The molecule has 2 N–H and O–H groups in total. The van der Waals surface area contributed by atoms with E-state index < -0.39 is 35.1 Å². The molecule has 0 aromatic carbocycles. The first-order valence-electron chi connectivity index (χ1n) is 12.0. The zero-order valence-electron chi connectivity index (χ0n) is 20.5. The number of nitrogens with one attached hydrogen (secondary N) is 2. The zero-order chi connectivity index (χ0) is 27.1. The number of nitrogens with zero attached hydrogens (tertiary/aromatic N) is 3. The molecule has 8 nitrogen and oxygen atoms in total. The zero-order valence-corrected chi connectivity index (χ0v) is 21.3. The summed E-state index contributed by atoms with van der Waals surface area (Å²) in [7, 11) is 0. The predicted molar refractivity (Wildman–Crippen MR) is 129 cm³/mol. The van der Waals surface area contributed by atoms with Gasteiger partial charge in [0, 0.05) is 30.7 Å². The number of pyridine rings is 2. The Balaban J connectivity index is 1.42. The number of hydrogen-bond acceptors (Lipinski definition) is 5. The Labute approximate surface area is 217 Å². The van der Waals surface area contributed by atoms with Gasteiger partial charge in [-0.15, -0.1) is 0 Å². The van der Waals surface area contributed by atoms with Gasteiger partial charge in [0.2, 0.25) is 5.91 Å². The lowest BCUT2D eigenvalue weighted by molar-refractivity contribution is -0.137. The van der Waals surface area contributed by atoms with Gasteiger partial charge >= 0.3 is 6.18 Å². The van der Waals surface area contributed by atoms with Crippen LogP contribution in [0.3, 0.4) is 0 Å². The molecule has 0 bridgehead atoms. The average Bonchev–Trinajstić information content (AvgIpc) is 3.55. The third-order valence-electron chi connectivity index (χ3n) is 6.93. The second-order valence-corrected chi connectivity index (χ2v) is 10.2. The number of rotatable bonds is 6. The van der Waals surface area contributed by atoms with Crippen LogP contribution in [0.4, 0.5) is 13.2 Å². The molecule has 0 spiro atoms. The molecule has 1 aliphatic carbocycles. The highest BCUT2D eigenvalue weighted by molar-refractivity contribution is 6.31. The molecule has 2 aliphatic rings. The molecule has 0 radical (unpaired) electrons. The van der Waals surface area contributed by atoms with Crippen molar-refractivity contribution in [3.8, 4) is 0 Å². The molecule has 0 unspecified atom stereocenters. The maximum Gasteiger partial charge on any atom is 0.417 e. The van der Waals surface area contributed by atoms with Gasteiger partial charge in [0.15, 0.2) is 0 Å². The molecule has 1 saturated carbocycles. The van der Waals surface area contributed by atoms with Crippen molar-refractivity contribution in [2.75, 3.05) is 0 Å². The van der Waals surface area contributed by atoms with Crippen LogP contribution in [0.15, 0.2) is 30.7 Å². The second-order valence-electron chi connectivity index (χ2n) is 9.77. The fourth-order valence-corrected chi connectivity index (χ4v) is 4.90. The molecular weight excluding hydrogens is 511 g/mol. The average molecular weight is 538 g/mol. The first-order chi connectivity index (χ1) is 17.3. The quantitative estimate of drug-likeness (QED) is 0.572. The molecule has 1 saturated heterocycles. The third kappa shape index (κ3) is 5.56. The first-order valence-corrected chi connectivity index (χ1v) is 12.3. The molecule has 3 heterocycles. The van der Waals surface area contributed by atoms with Crippen molar-refractivity contribution in [1.82, 2.24) is 25.5 Å². The van der Waals surface area contributed by atoms with Gasteiger partial charge in [-0.2, -0.15) is 13.2 Å². The largest absolute Gasteiger partial charge is 0.417 e. The first kappa shape index (κ1) is 26.8. The van der Waals surface area contributed by atoms with Gasteiger partial charge in [0.05, 0.1) is 33.4 Å². The van der Waals surface area contributed by atoms with Crippen LogP contribution < -0.4 is 10.6 Å². The van der Waals surface area contributed by atoms with Crippen LogP contribution in [-0.2, 0) is 11.0 Å². The third-order valence-corrected chi connectivity index (χ3v) is 7.23. The van der Waals surface area contributed by atoms with Crippen molar-refractivity contribution in [2.24, 2.45) is 0 Å². The van der Waals surface area contributed by atoms with Crippen LogP contribution in [-0.4, -0.2) is 50.2 Å². The second kappa shape index (κ2) is 9.92. The minimum Gasteiger partial charge on any atom is -0.346 e. The van der Waals surface area contributed by atoms with Crippen LogP contribution in [0, 0.1) is 0 Å². The Morgan fingerprint density at radius 3 is 2.30 bits per heavy atom. The van der Waals surface area contributed by atoms with E-state index in [2.05, 4.69) is 20.6 Å². The number of halogens is 4. The molecule has 4 rings (SSSR count). The molecule has 2 aromatic heterocycles. The topological polar surface area (TPSA) is 104 Å².